The van der Waals surface area contributed by atoms with Crippen molar-refractivity contribution < 1.29 is 4.79 Å². The molecular weight excluding hydrogens is 166 g/mol. The smallest absolute Gasteiger partial charge is 0.236 e. The van der Waals surface area contributed by atoms with Crippen LogP contribution in [0.2, 0.25) is 0 Å². The second-order valence-electron chi connectivity index (χ2n) is 3.74. The second kappa shape index (κ2) is 4.58. The molecule has 1 amide bonds. The maximum absolute atomic E-state index is 11.6. The fourth-order valence-electron chi connectivity index (χ4n) is 1.37. The van der Waals surface area contributed by atoms with Crippen molar-refractivity contribution in [2.75, 3.05) is 46.8 Å². The maximum Gasteiger partial charge on any atom is 0.236 e. The van der Waals surface area contributed by atoms with Crippen LogP contribution in [-0.2, 0) is 4.79 Å². The number of piperazine rings is 1. The van der Waals surface area contributed by atoms with Crippen LogP contribution in [0.25, 0.3) is 0 Å². The van der Waals surface area contributed by atoms with Crippen LogP contribution in [0.5, 0.6) is 0 Å². The summed E-state index contributed by atoms with van der Waals surface area (Å²) in [6.07, 6.45) is 0. The highest BCUT2D eigenvalue weighted by molar-refractivity contribution is 5.78. The second-order valence-corrected chi connectivity index (χ2v) is 3.74. The van der Waals surface area contributed by atoms with Gasteiger partial charge in [-0.1, -0.05) is 0 Å². The quantitative estimate of drug-likeness (QED) is 0.578. The Bertz CT molecular complexity index is 174. The Balaban J connectivity index is 2.31. The van der Waals surface area contributed by atoms with Gasteiger partial charge < -0.3 is 9.80 Å². The normalized spacial score (nSPS) is 19.5. The average molecular weight is 184 g/mol. The molecule has 0 aromatic carbocycles. The van der Waals surface area contributed by atoms with Gasteiger partial charge in [0.1, 0.15) is 0 Å². The number of hydrogen-bond acceptors (Lipinski definition) is 3. The molecular formula is C9H18N3O. The molecule has 1 aliphatic heterocycles. The van der Waals surface area contributed by atoms with Crippen molar-refractivity contribution in [3.63, 3.8) is 0 Å². The lowest BCUT2D eigenvalue weighted by Gasteiger charge is -2.32. The molecule has 1 fully saturated rings. The van der Waals surface area contributed by atoms with E-state index in [0.29, 0.717) is 6.54 Å². The van der Waals surface area contributed by atoms with Gasteiger partial charge >= 0.3 is 0 Å². The van der Waals surface area contributed by atoms with Crippen molar-refractivity contribution in [3.05, 3.63) is 7.05 Å². The van der Waals surface area contributed by atoms with Gasteiger partial charge in [0.2, 0.25) is 5.91 Å². The molecule has 0 atom stereocenters. The number of likely N-dealkylation sites (N-methyl/N-ethyl adjacent to an activating group) is 1. The highest BCUT2D eigenvalue weighted by Gasteiger charge is 2.18. The monoisotopic (exact) mass is 184 g/mol. The first-order valence-corrected chi connectivity index (χ1v) is 4.57. The Kier molecular flexibility index (Phi) is 3.69. The Morgan fingerprint density at radius 1 is 1.31 bits per heavy atom. The molecule has 4 heteroatoms. The maximum atomic E-state index is 11.6. The van der Waals surface area contributed by atoms with Gasteiger partial charge in [0.25, 0.3) is 0 Å². The van der Waals surface area contributed by atoms with Crippen LogP contribution >= 0.6 is 0 Å². The minimum atomic E-state index is 0.220. The van der Waals surface area contributed by atoms with Gasteiger partial charge in [0.05, 0.1) is 6.54 Å². The van der Waals surface area contributed by atoms with E-state index in [9.17, 15) is 4.79 Å². The fourth-order valence-corrected chi connectivity index (χ4v) is 1.37. The molecule has 0 aromatic heterocycles. The van der Waals surface area contributed by atoms with Gasteiger partial charge in [-0.05, 0) is 14.1 Å². The number of hydrogen-bond donors (Lipinski definition) is 0. The number of amides is 1. The molecule has 75 valence electrons. The molecule has 0 aliphatic carbocycles. The molecule has 0 N–H and O–H groups in total. The first kappa shape index (κ1) is 10.5. The molecule has 1 radical (unpaired) electrons. The zero-order valence-electron chi connectivity index (χ0n) is 8.49. The summed E-state index contributed by atoms with van der Waals surface area (Å²) in [5.41, 5.74) is 0. The predicted octanol–water partition coefficient (Wildman–Crippen LogP) is -0.516. The third kappa shape index (κ3) is 3.32. The topological polar surface area (TPSA) is 26.8 Å². The first-order valence-electron chi connectivity index (χ1n) is 4.57. The predicted molar refractivity (Wildman–Crippen MR) is 52.1 cm³/mol. The summed E-state index contributed by atoms with van der Waals surface area (Å²) in [5.74, 6) is 0.220. The zero-order chi connectivity index (χ0) is 9.84. The van der Waals surface area contributed by atoms with Crippen molar-refractivity contribution in [1.82, 2.24) is 14.7 Å². The third-order valence-corrected chi connectivity index (χ3v) is 2.18. The van der Waals surface area contributed by atoms with E-state index in [1.165, 1.54) is 0 Å². The summed E-state index contributed by atoms with van der Waals surface area (Å²) in [7, 11) is 7.66. The highest BCUT2D eigenvalue weighted by atomic mass is 16.2. The van der Waals surface area contributed by atoms with Crippen LogP contribution < -0.4 is 0 Å². The molecule has 0 spiro atoms. The Labute approximate surface area is 80.1 Å². The summed E-state index contributed by atoms with van der Waals surface area (Å²) >= 11 is 0. The average Bonchev–Trinajstić information content (AvgIpc) is 2.04. The standard InChI is InChI=1S/C9H18N3O/c1-10(2)8-9(13)12-6-4-11(3)5-7-12/h3-8H2,1-2H3. The van der Waals surface area contributed by atoms with Gasteiger partial charge in [-0.3, -0.25) is 9.69 Å². The lowest BCUT2D eigenvalue weighted by molar-refractivity contribution is -0.133. The van der Waals surface area contributed by atoms with Crippen molar-refractivity contribution in [2.45, 2.75) is 0 Å². The summed E-state index contributed by atoms with van der Waals surface area (Å²) in [6.45, 7) is 3.92. The summed E-state index contributed by atoms with van der Waals surface area (Å²) in [5, 5.41) is 0. The zero-order valence-corrected chi connectivity index (χ0v) is 8.49. The molecule has 0 unspecified atom stereocenters. The molecule has 4 nitrogen and oxygen atoms in total. The van der Waals surface area contributed by atoms with E-state index in [1.54, 1.807) is 0 Å². The van der Waals surface area contributed by atoms with Crippen LogP contribution in [0.15, 0.2) is 0 Å². The van der Waals surface area contributed by atoms with Gasteiger partial charge in [-0.15, -0.1) is 0 Å². The molecule has 1 rings (SSSR count). The van der Waals surface area contributed by atoms with Crippen LogP contribution in [0.3, 0.4) is 0 Å². The number of nitrogens with zero attached hydrogens (tertiary/aromatic N) is 3. The Hall–Kier alpha value is -0.610. The summed E-state index contributed by atoms with van der Waals surface area (Å²) in [6, 6.07) is 0. The first-order chi connectivity index (χ1) is 6.09. The number of rotatable bonds is 2. The molecule has 1 aliphatic rings. The molecule has 13 heavy (non-hydrogen) atoms. The van der Waals surface area contributed by atoms with Gasteiger partial charge in [-0.25, -0.2) is 0 Å². The lowest BCUT2D eigenvalue weighted by atomic mass is 10.3. The van der Waals surface area contributed by atoms with Crippen LogP contribution in [0.4, 0.5) is 0 Å². The van der Waals surface area contributed by atoms with E-state index in [0.717, 1.165) is 26.2 Å². The van der Waals surface area contributed by atoms with Crippen molar-refractivity contribution in [3.8, 4) is 0 Å². The van der Waals surface area contributed by atoms with E-state index < -0.39 is 0 Å². The van der Waals surface area contributed by atoms with E-state index in [4.69, 9.17) is 0 Å². The molecule has 1 heterocycles. The van der Waals surface area contributed by atoms with Crippen molar-refractivity contribution in [1.29, 1.82) is 0 Å². The van der Waals surface area contributed by atoms with Crippen LogP contribution in [0.1, 0.15) is 0 Å². The Morgan fingerprint density at radius 3 is 2.31 bits per heavy atom. The van der Waals surface area contributed by atoms with Gasteiger partial charge in [0, 0.05) is 33.2 Å². The van der Waals surface area contributed by atoms with E-state index in [-0.39, 0.29) is 5.91 Å². The third-order valence-electron chi connectivity index (χ3n) is 2.18. The largest absolute Gasteiger partial charge is 0.339 e. The SMILES string of the molecule is [CH2]N1CCN(C(=O)CN(C)C)CC1. The fraction of sp³-hybridized carbons (Fsp3) is 0.778. The molecule has 0 saturated carbocycles. The van der Waals surface area contributed by atoms with Crippen LogP contribution in [0, 0.1) is 7.05 Å². The summed E-state index contributed by atoms with van der Waals surface area (Å²) in [4.78, 5) is 17.4. The summed E-state index contributed by atoms with van der Waals surface area (Å²) < 4.78 is 0. The van der Waals surface area contributed by atoms with E-state index >= 15 is 0 Å². The Morgan fingerprint density at radius 2 is 1.85 bits per heavy atom. The molecule has 1 saturated heterocycles. The van der Waals surface area contributed by atoms with Crippen LogP contribution in [-0.4, -0.2) is 67.4 Å². The van der Waals surface area contributed by atoms with E-state index in [2.05, 4.69) is 7.05 Å². The van der Waals surface area contributed by atoms with Crippen molar-refractivity contribution in [2.24, 2.45) is 0 Å². The van der Waals surface area contributed by atoms with Gasteiger partial charge in [0.15, 0.2) is 0 Å². The number of carbonyl (C=O) groups excluding carboxylic acids is 1. The molecule has 0 bridgehead atoms. The minimum Gasteiger partial charge on any atom is -0.339 e. The minimum absolute atomic E-state index is 0.220. The highest BCUT2D eigenvalue weighted by Crippen LogP contribution is 2.00. The lowest BCUT2D eigenvalue weighted by Crippen LogP contribution is -2.48. The number of carbonyl (C=O) groups is 1. The van der Waals surface area contributed by atoms with Gasteiger partial charge in [-0.2, -0.15) is 0 Å². The van der Waals surface area contributed by atoms with Crippen molar-refractivity contribution >= 4 is 5.91 Å². The van der Waals surface area contributed by atoms with E-state index in [1.807, 2.05) is 28.8 Å². The molecule has 0 aromatic rings.